The maximum absolute atomic E-state index is 13.4. The van der Waals surface area contributed by atoms with Crippen molar-refractivity contribution in [1.29, 1.82) is 0 Å². The molecule has 7 nitrogen and oxygen atoms in total. The van der Waals surface area contributed by atoms with Gasteiger partial charge < -0.3 is 5.32 Å². The Morgan fingerprint density at radius 2 is 1.70 bits per heavy atom. The number of thiophene rings is 1. The summed E-state index contributed by atoms with van der Waals surface area (Å²) in [7, 11) is 1.84. The number of aryl methyl sites for hydroxylation is 2. The number of halogens is 1. The fraction of sp³-hybridized carbons (Fsp3) is 0.214. The zero-order valence-corrected chi connectivity index (χ0v) is 21.2. The van der Waals surface area contributed by atoms with E-state index in [0.717, 1.165) is 21.7 Å². The van der Waals surface area contributed by atoms with E-state index in [0.29, 0.717) is 28.0 Å². The molecule has 4 aromatic rings. The summed E-state index contributed by atoms with van der Waals surface area (Å²) in [6.07, 6.45) is 2.03. The molecule has 1 aliphatic heterocycles. The van der Waals surface area contributed by atoms with Crippen molar-refractivity contribution in [2.75, 3.05) is 6.54 Å². The highest BCUT2D eigenvalue weighted by molar-refractivity contribution is 7.14. The van der Waals surface area contributed by atoms with Crippen molar-refractivity contribution in [2.45, 2.75) is 26.1 Å². The van der Waals surface area contributed by atoms with Gasteiger partial charge in [0.2, 0.25) is 0 Å². The number of carbonyl (C=O) groups excluding carboxylic acids is 3. The van der Waals surface area contributed by atoms with Gasteiger partial charge in [0.05, 0.1) is 27.7 Å². The lowest BCUT2D eigenvalue weighted by Gasteiger charge is -2.24. The lowest BCUT2D eigenvalue weighted by molar-refractivity contribution is 0.0629. The molecule has 3 heterocycles. The molecule has 1 N–H and O–H groups in total. The minimum absolute atomic E-state index is 0.00309. The van der Waals surface area contributed by atoms with E-state index >= 15 is 0 Å². The van der Waals surface area contributed by atoms with Crippen LogP contribution in [0.2, 0.25) is 0 Å². The third-order valence-electron chi connectivity index (χ3n) is 6.48. The summed E-state index contributed by atoms with van der Waals surface area (Å²) in [5, 5.41) is 7.23. The first-order valence-corrected chi connectivity index (χ1v) is 12.7. The molecular formula is C28H25FN4O3S. The van der Waals surface area contributed by atoms with E-state index in [-0.39, 0.29) is 24.3 Å². The Bertz CT molecular complexity index is 1470. The lowest BCUT2D eigenvalue weighted by atomic mass is 10.0. The number of nitrogens with one attached hydrogen (secondary N) is 1. The Labute approximate surface area is 217 Å². The van der Waals surface area contributed by atoms with Crippen molar-refractivity contribution in [3.8, 4) is 11.3 Å². The Balaban J connectivity index is 1.41. The number of imide groups is 1. The predicted molar refractivity (Wildman–Crippen MR) is 139 cm³/mol. The molecule has 1 aliphatic rings. The normalized spacial score (nSPS) is 13.6. The summed E-state index contributed by atoms with van der Waals surface area (Å²) < 4.78 is 15.0. The predicted octanol–water partition coefficient (Wildman–Crippen LogP) is 4.56. The van der Waals surface area contributed by atoms with Crippen molar-refractivity contribution in [1.82, 2.24) is 20.0 Å². The largest absolute Gasteiger partial charge is 0.346 e. The molecule has 0 bridgehead atoms. The highest BCUT2D eigenvalue weighted by atomic mass is 32.1. The Morgan fingerprint density at radius 3 is 2.35 bits per heavy atom. The molecule has 2 aromatic heterocycles. The molecule has 0 aliphatic carbocycles. The summed E-state index contributed by atoms with van der Waals surface area (Å²) in [6, 6.07) is 16.9. The van der Waals surface area contributed by atoms with Gasteiger partial charge in [-0.1, -0.05) is 36.4 Å². The van der Waals surface area contributed by atoms with Crippen LogP contribution in [0.4, 0.5) is 4.39 Å². The van der Waals surface area contributed by atoms with E-state index < -0.39 is 12.7 Å². The molecule has 9 heteroatoms. The molecule has 0 fully saturated rings. The van der Waals surface area contributed by atoms with Crippen LogP contribution in [-0.4, -0.2) is 45.0 Å². The number of benzene rings is 2. The second-order valence-corrected chi connectivity index (χ2v) is 10.3. The molecule has 0 radical (unpaired) electrons. The van der Waals surface area contributed by atoms with Gasteiger partial charge in [0.15, 0.2) is 0 Å². The number of nitrogens with zero attached hydrogens (tertiary/aromatic N) is 3. The minimum atomic E-state index is -0.603. The van der Waals surface area contributed by atoms with Crippen molar-refractivity contribution < 1.29 is 18.8 Å². The van der Waals surface area contributed by atoms with Gasteiger partial charge in [-0.05, 0) is 48.7 Å². The van der Waals surface area contributed by atoms with Gasteiger partial charge in [0, 0.05) is 30.2 Å². The van der Waals surface area contributed by atoms with Crippen LogP contribution in [0.1, 0.15) is 46.4 Å². The molecule has 0 unspecified atom stereocenters. The van der Waals surface area contributed by atoms with Gasteiger partial charge in [-0.15, -0.1) is 11.3 Å². The van der Waals surface area contributed by atoms with Crippen molar-refractivity contribution in [3.05, 3.63) is 98.9 Å². The van der Waals surface area contributed by atoms with Crippen LogP contribution in [-0.2, 0) is 20.1 Å². The first-order valence-electron chi connectivity index (χ1n) is 11.8. The zero-order chi connectivity index (χ0) is 26.1. The van der Waals surface area contributed by atoms with Gasteiger partial charge in [-0.3, -0.25) is 24.0 Å². The van der Waals surface area contributed by atoms with Gasteiger partial charge in [-0.25, -0.2) is 4.39 Å². The smallest absolute Gasteiger partial charge is 0.261 e. The molecule has 2 aromatic carbocycles. The first kappa shape index (κ1) is 24.6. The lowest BCUT2D eigenvalue weighted by Crippen LogP contribution is -2.46. The van der Waals surface area contributed by atoms with E-state index in [1.54, 1.807) is 53.3 Å². The highest BCUT2D eigenvalue weighted by Gasteiger charge is 2.36. The fourth-order valence-corrected chi connectivity index (χ4v) is 5.59. The molecule has 5 rings (SSSR count). The number of hydrogen-bond donors (Lipinski definition) is 1. The highest BCUT2D eigenvalue weighted by Crippen LogP contribution is 2.31. The van der Waals surface area contributed by atoms with Gasteiger partial charge in [0.1, 0.15) is 6.67 Å². The van der Waals surface area contributed by atoms with Crippen LogP contribution in [0.25, 0.3) is 11.3 Å². The van der Waals surface area contributed by atoms with E-state index in [9.17, 15) is 18.8 Å². The third kappa shape index (κ3) is 4.82. The Hall–Kier alpha value is -4.11. The van der Waals surface area contributed by atoms with E-state index in [1.807, 2.05) is 32.2 Å². The molecule has 37 heavy (non-hydrogen) atoms. The molecule has 188 valence electrons. The summed E-state index contributed by atoms with van der Waals surface area (Å²) in [6.45, 7) is 1.34. The number of alkyl halides is 1. The molecule has 0 saturated carbocycles. The fourth-order valence-electron chi connectivity index (χ4n) is 4.65. The van der Waals surface area contributed by atoms with E-state index in [1.165, 1.54) is 16.2 Å². The van der Waals surface area contributed by atoms with Crippen LogP contribution >= 0.6 is 11.3 Å². The number of fused-ring (bicyclic) bond motifs is 1. The van der Waals surface area contributed by atoms with Crippen LogP contribution in [0.15, 0.2) is 66.9 Å². The SMILES string of the molecule is Cc1sc(C(=O)N[C@@H](Cc2cccc(CF)c2)CN2C(=O)c3ccccc3C2=O)cc1-c1ccnn1C. The molecular weight excluding hydrogens is 491 g/mol. The zero-order valence-electron chi connectivity index (χ0n) is 20.4. The maximum atomic E-state index is 13.4. The third-order valence-corrected chi connectivity index (χ3v) is 7.53. The maximum Gasteiger partial charge on any atom is 0.261 e. The second kappa shape index (κ2) is 10.1. The summed E-state index contributed by atoms with van der Waals surface area (Å²) in [4.78, 5) is 42.0. The van der Waals surface area contributed by atoms with Crippen LogP contribution in [0, 0.1) is 6.92 Å². The van der Waals surface area contributed by atoms with Crippen molar-refractivity contribution >= 4 is 29.1 Å². The Kier molecular flexibility index (Phi) is 6.71. The standard InChI is InChI=1S/C28H25FN4O3S/c1-17-23(24-10-11-30-32(24)2)14-25(37-17)26(34)31-20(13-18-6-5-7-19(12-18)15-29)16-33-27(35)21-8-3-4-9-22(21)28(33)36/h3-12,14,20H,13,15-16H2,1-2H3,(H,31,34)/t20-/m0/s1. The van der Waals surface area contributed by atoms with Crippen LogP contribution in [0.3, 0.4) is 0 Å². The molecule has 1 atom stereocenters. The summed E-state index contributed by atoms with van der Waals surface area (Å²) in [5.74, 6) is -1.07. The summed E-state index contributed by atoms with van der Waals surface area (Å²) in [5.41, 5.74) is 3.85. The monoisotopic (exact) mass is 516 g/mol. The Morgan fingerprint density at radius 1 is 1.00 bits per heavy atom. The number of carbonyl (C=O) groups is 3. The van der Waals surface area contributed by atoms with Crippen molar-refractivity contribution in [2.24, 2.45) is 7.05 Å². The molecule has 3 amide bonds. The number of rotatable bonds is 8. The molecule has 0 saturated heterocycles. The second-order valence-electron chi connectivity index (χ2n) is 9.02. The number of hydrogen-bond acceptors (Lipinski definition) is 5. The quantitative estimate of drug-likeness (QED) is 0.348. The van der Waals surface area contributed by atoms with Gasteiger partial charge in [-0.2, -0.15) is 5.10 Å². The van der Waals surface area contributed by atoms with Crippen LogP contribution in [0.5, 0.6) is 0 Å². The minimum Gasteiger partial charge on any atom is -0.346 e. The van der Waals surface area contributed by atoms with Crippen LogP contribution < -0.4 is 5.32 Å². The first-order chi connectivity index (χ1) is 17.9. The van der Waals surface area contributed by atoms with Crippen molar-refractivity contribution in [3.63, 3.8) is 0 Å². The van der Waals surface area contributed by atoms with Gasteiger partial charge >= 0.3 is 0 Å². The average Bonchev–Trinajstić information content (AvgIpc) is 3.56. The molecule has 0 spiro atoms. The topological polar surface area (TPSA) is 84.3 Å². The summed E-state index contributed by atoms with van der Waals surface area (Å²) >= 11 is 1.37. The average molecular weight is 517 g/mol. The number of aromatic nitrogens is 2. The number of amides is 3. The van der Waals surface area contributed by atoms with E-state index in [2.05, 4.69) is 10.4 Å². The van der Waals surface area contributed by atoms with Gasteiger partial charge in [0.25, 0.3) is 17.7 Å². The van der Waals surface area contributed by atoms with E-state index in [4.69, 9.17) is 0 Å².